The summed E-state index contributed by atoms with van der Waals surface area (Å²) in [5.41, 5.74) is 0.930. The number of likely N-dealkylation sites (N-methyl/N-ethyl adjacent to an activating group) is 1. The van der Waals surface area contributed by atoms with E-state index in [1.807, 2.05) is 60.5 Å². The molecule has 1 amide bonds. The number of fused-ring (bicyclic) bond motifs is 2. The number of phenolic OH excluding ortho intramolecular Hbond substituents is 2. The maximum Gasteiger partial charge on any atom is 0.251 e. The van der Waals surface area contributed by atoms with Gasteiger partial charge in [-0.2, -0.15) is 0 Å². The smallest absolute Gasteiger partial charge is 0.251 e. The lowest BCUT2D eigenvalue weighted by atomic mass is 9.59. The van der Waals surface area contributed by atoms with Crippen LogP contribution in [0.4, 0.5) is 5.69 Å². The average molecular weight is 443 g/mol. The number of carbonyl (C=O) groups excluding carboxylic acids is 2. The van der Waals surface area contributed by atoms with Crippen molar-refractivity contribution in [2.24, 2.45) is 0 Å². The Kier molecular flexibility index (Phi) is 4.79. The van der Waals surface area contributed by atoms with E-state index >= 15 is 0 Å². The topological polar surface area (TPSA) is 89.9 Å². The lowest BCUT2D eigenvalue weighted by Crippen LogP contribution is -2.60. The highest BCUT2D eigenvalue weighted by Gasteiger charge is 2.70. The molecule has 1 spiro atoms. The number of phenols is 2. The molecule has 6 nitrogen and oxygen atoms in total. The van der Waals surface area contributed by atoms with Crippen molar-refractivity contribution in [1.29, 1.82) is 0 Å². The molecule has 2 aliphatic rings. The van der Waals surface area contributed by atoms with Crippen molar-refractivity contribution in [2.45, 2.75) is 30.7 Å². The van der Waals surface area contributed by atoms with E-state index in [2.05, 4.69) is 12.2 Å². The Labute approximate surface area is 192 Å². The van der Waals surface area contributed by atoms with E-state index in [9.17, 15) is 19.8 Å². The molecule has 0 saturated carbocycles. The van der Waals surface area contributed by atoms with Crippen molar-refractivity contribution >= 4 is 17.4 Å². The van der Waals surface area contributed by atoms with Crippen LogP contribution in [0.15, 0.2) is 66.7 Å². The number of carbonyl (C=O) groups is 2. The summed E-state index contributed by atoms with van der Waals surface area (Å²) in [5.74, 6) is -1.05. The molecule has 2 atom stereocenters. The number of nitrogens with zero attached hydrogens (tertiary/aromatic N) is 1. The van der Waals surface area contributed by atoms with Gasteiger partial charge in [0.25, 0.3) is 5.91 Å². The second-order valence-corrected chi connectivity index (χ2v) is 8.87. The summed E-state index contributed by atoms with van der Waals surface area (Å²) >= 11 is 0. The number of rotatable bonds is 4. The Morgan fingerprint density at radius 1 is 1.03 bits per heavy atom. The molecule has 0 bridgehead atoms. The summed E-state index contributed by atoms with van der Waals surface area (Å²) in [7, 11) is 1.86. The van der Waals surface area contributed by atoms with Crippen molar-refractivity contribution in [3.8, 4) is 11.5 Å². The lowest BCUT2D eigenvalue weighted by molar-refractivity contribution is -0.127. The van der Waals surface area contributed by atoms with E-state index < -0.39 is 11.0 Å². The van der Waals surface area contributed by atoms with E-state index in [1.165, 1.54) is 12.1 Å². The molecule has 0 aromatic heterocycles. The monoisotopic (exact) mass is 442 g/mol. The highest BCUT2D eigenvalue weighted by molar-refractivity contribution is 6.16. The molecule has 1 saturated heterocycles. The van der Waals surface area contributed by atoms with Crippen LogP contribution in [-0.4, -0.2) is 40.4 Å². The molecule has 3 N–H and O–H groups in total. The van der Waals surface area contributed by atoms with Crippen molar-refractivity contribution in [3.05, 3.63) is 89.0 Å². The van der Waals surface area contributed by atoms with E-state index in [0.717, 1.165) is 17.5 Å². The number of amides is 1. The molecule has 168 valence electrons. The third kappa shape index (κ3) is 2.70. The first-order chi connectivity index (χ1) is 15.9. The second-order valence-electron chi connectivity index (χ2n) is 8.87. The van der Waals surface area contributed by atoms with Gasteiger partial charge in [0, 0.05) is 23.4 Å². The number of aromatic hydroxyl groups is 2. The van der Waals surface area contributed by atoms with E-state index in [1.54, 1.807) is 6.07 Å². The third-order valence-electron chi connectivity index (χ3n) is 7.39. The van der Waals surface area contributed by atoms with Crippen molar-refractivity contribution in [2.75, 3.05) is 18.9 Å². The number of aryl methyl sites for hydroxylation is 1. The fraction of sp³-hybridized carbons (Fsp3) is 0.259. The fourth-order valence-corrected chi connectivity index (χ4v) is 5.74. The van der Waals surface area contributed by atoms with Gasteiger partial charge in [-0.1, -0.05) is 55.5 Å². The average Bonchev–Trinajstić information content (AvgIpc) is 3.31. The lowest BCUT2D eigenvalue weighted by Gasteiger charge is -2.44. The number of anilines is 1. The first-order valence-corrected chi connectivity index (χ1v) is 11.1. The first kappa shape index (κ1) is 21.2. The minimum Gasteiger partial charge on any atom is -0.504 e. The Morgan fingerprint density at radius 3 is 2.45 bits per heavy atom. The van der Waals surface area contributed by atoms with Crippen LogP contribution in [0.1, 0.15) is 40.4 Å². The van der Waals surface area contributed by atoms with Gasteiger partial charge >= 0.3 is 0 Å². The molecular weight excluding hydrogens is 416 g/mol. The Balaban J connectivity index is 1.83. The first-order valence-electron chi connectivity index (χ1n) is 11.1. The van der Waals surface area contributed by atoms with E-state index in [-0.39, 0.29) is 23.2 Å². The van der Waals surface area contributed by atoms with Crippen LogP contribution in [0.5, 0.6) is 11.5 Å². The number of nitrogens with one attached hydrogen (secondary N) is 1. The maximum absolute atomic E-state index is 14.5. The summed E-state index contributed by atoms with van der Waals surface area (Å²) in [6.45, 7) is 2.56. The summed E-state index contributed by atoms with van der Waals surface area (Å²) in [6.07, 6.45) is 1.23. The van der Waals surface area contributed by atoms with Gasteiger partial charge in [0.1, 0.15) is 5.54 Å². The van der Waals surface area contributed by atoms with Gasteiger partial charge in [-0.25, -0.2) is 0 Å². The molecule has 2 aliphatic heterocycles. The highest BCUT2D eigenvalue weighted by atomic mass is 16.3. The van der Waals surface area contributed by atoms with Crippen LogP contribution >= 0.6 is 0 Å². The molecule has 1 fully saturated rings. The largest absolute Gasteiger partial charge is 0.504 e. The van der Waals surface area contributed by atoms with Crippen molar-refractivity contribution in [1.82, 2.24) is 4.90 Å². The minimum absolute atomic E-state index is 0.188. The van der Waals surface area contributed by atoms with Gasteiger partial charge in [0.05, 0.1) is 5.41 Å². The summed E-state index contributed by atoms with van der Waals surface area (Å²) in [6, 6.07) is 19.4. The van der Waals surface area contributed by atoms with Gasteiger partial charge < -0.3 is 15.5 Å². The number of likely N-dealkylation sites (tertiary alicyclic amines) is 1. The molecule has 6 heteroatoms. The van der Waals surface area contributed by atoms with Crippen molar-refractivity contribution in [3.63, 3.8) is 0 Å². The Hall–Kier alpha value is -3.64. The predicted octanol–water partition coefficient (Wildman–Crippen LogP) is 3.96. The van der Waals surface area contributed by atoms with Gasteiger partial charge in [-0.05, 0) is 49.2 Å². The molecule has 2 heterocycles. The SMILES string of the molecule is CCc1ccc(C(=O)C2(c3ccc(O)c(O)c3)CCN(C)C23C(=O)Nc2ccccc23)cc1. The summed E-state index contributed by atoms with van der Waals surface area (Å²) in [4.78, 5) is 30.2. The van der Waals surface area contributed by atoms with Gasteiger partial charge in [-0.15, -0.1) is 0 Å². The van der Waals surface area contributed by atoms with Crippen LogP contribution in [0.3, 0.4) is 0 Å². The molecule has 0 radical (unpaired) electrons. The number of para-hydroxylation sites is 1. The zero-order valence-electron chi connectivity index (χ0n) is 18.6. The number of benzene rings is 3. The number of ketones is 1. The van der Waals surface area contributed by atoms with E-state index in [0.29, 0.717) is 29.8 Å². The summed E-state index contributed by atoms with van der Waals surface area (Å²) < 4.78 is 0. The van der Waals surface area contributed by atoms with E-state index in [4.69, 9.17) is 0 Å². The van der Waals surface area contributed by atoms with Crippen LogP contribution in [0.25, 0.3) is 0 Å². The fourth-order valence-electron chi connectivity index (χ4n) is 5.74. The second kappa shape index (κ2) is 7.46. The Morgan fingerprint density at radius 2 is 1.76 bits per heavy atom. The molecule has 3 aromatic carbocycles. The third-order valence-corrected chi connectivity index (χ3v) is 7.39. The number of hydrogen-bond acceptors (Lipinski definition) is 5. The van der Waals surface area contributed by atoms with Gasteiger partial charge in [0.15, 0.2) is 17.3 Å². The van der Waals surface area contributed by atoms with Gasteiger partial charge in [0.2, 0.25) is 0 Å². The zero-order chi connectivity index (χ0) is 23.4. The van der Waals surface area contributed by atoms with Crippen LogP contribution in [0, 0.1) is 0 Å². The zero-order valence-corrected chi connectivity index (χ0v) is 18.6. The van der Waals surface area contributed by atoms with Crippen LogP contribution in [0.2, 0.25) is 0 Å². The highest BCUT2D eigenvalue weighted by Crippen LogP contribution is 2.59. The van der Waals surface area contributed by atoms with Gasteiger partial charge in [-0.3, -0.25) is 14.5 Å². The molecular formula is C27H26N2O4. The van der Waals surface area contributed by atoms with Crippen LogP contribution < -0.4 is 5.32 Å². The molecule has 5 rings (SSSR count). The quantitative estimate of drug-likeness (QED) is 0.420. The summed E-state index contributed by atoms with van der Waals surface area (Å²) in [5, 5.41) is 23.3. The molecule has 0 aliphatic carbocycles. The number of Topliss-reactive ketones (excluding diaryl/α,β-unsaturated/α-hetero) is 1. The van der Waals surface area contributed by atoms with Crippen LogP contribution in [-0.2, 0) is 22.2 Å². The maximum atomic E-state index is 14.5. The Bertz CT molecular complexity index is 1270. The normalized spacial score (nSPS) is 24.1. The predicted molar refractivity (Wildman–Crippen MR) is 126 cm³/mol. The molecule has 33 heavy (non-hydrogen) atoms. The minimum atomic E-state index is -1.31. The number of hydrogen-bond donors (Lipinski definition) is 3. The standard InChI is InChI=1S/C27H26N2O4/c1-3-17-8-10-18(11-9-17)24(32)26(19-12-13-22(30)23(31)16-19)14-15-29(2)27(26)20-6-4-5-7-21(20)28-25(27)33/h4-13,16,30-31H,3,14-15H2,1-2H3,(H,28,33). The molecule has 2 unspecified atom stereocenters. The molecule has 3 aromatic rings. The van der Waals surface area contributed by atoms with Crippen molar-refractivity contribution < 1.29 is 19.8 Å².